The van der Waals surface area contributed by atoms with Crippen LogP contribution in [0.3, 0.4) is 0 Å². The Labute approximate surface area is 134 Å². The van der Waals surface area contributed by atoms with E-state index >= 15 is 0 Å². The number of ether oxygens (including phenoxy) is 2. The molecular formula is C18H18FNO3. The lowest BCUT2D eigenvalue weighted by Gasteiger charge is -2.25. The van der Waals surface area contributed by atoms with Crippen LogP contribution in [0, 0.1) is 11.7 Å². The van der Waals surface area contributed by atoms with Crippen molar-refractivity contribution >= 4 is 5.91 Å². The largest absolute Gasteiger partial charge is 0.497 e. The fourth-order valence-corrected chi connectivity index (χ4v) is 2.65. The second-order valence-corrected chi connectivity index (χ2v) is 5.53. The summed E-state index contributed by atoms with van der Waals surface area (Å²) in [4.78, 5) is 12.3. The molecule has 4 nitrogen and oxygen atoms in total. The highest BCUT2D eigenvalue weighted by Gasteiger charge is 2.26. The molecule has 0 bridgehead atoms. The molecule has 120 valence electrons. The zero-order valence-electron chi connectivity index (χ0n) is 12.8. The van der Waals surface area contributed by atoms with Crippen LogP contribution in [-0.4, -0.2) is 19.6 Å². The van der Waals surface area contributed by atoms with E-state index in [9.17, 15) is 9.18 Å². The predicted octanol–water partition coefficient (Wildman–Crippen LogP) is 2.70. The van der Waals surface area contributed by atoms with Crippen molar-refractivity contribution in [3.63, 3.8) is 0 Å². The molecule has 0 aliphatic carbocycles. The molecule has 1 unspecified atom stereocenters. The number of methoxy groups -OCH3 is 1. The Morgan fingerprint density at radius 1 is 1.35 bits per heavy atom. The molecule has 0 saturated carbocycles. The molecule has 1 N–H and O–H groups in total. The van der Waals surface area contributed by atoms with Crippen LogP contribution >= 0.6 is 0 Å². The molecule has 1 aliphatic heterocycles. The molecule has 1 atom stereocenters. The molecule has 1 amide bonds. The number of carbonyl (C=O) groups excluding carboxylic acids is 1. The normalized spacial score (nSPS) is 16.2. The van der Waals surface area contributed by atoms with Crippen LogP contribution < -0.4 is 14.8 Å². The summed E-state index contributed by atoms with van der Waals surface area (Å²) >= 11 is 0. The quantitative estimate of drug-likeness (QED) is 0.944. The van der Waals surface area contributed by atoms with Gasteiger partial charge in [0.25, 0.3) is 0 Å². The van der Waals surface area contributed by atoms with Gasteiger partial charge in [0.05, 0.1) is 13.0 Å². The highest BCUT2D eigenvalue weighted by Crippen LogP contribution is 2.30. The monoisotopic (exact) mass is 315 g/mol. The first-order valence-corrected chi connectivity index (χ1v) is 7.47. The van der Waals surface area contributed by atoms with Crippen LogP contribution in [0.15, 0.2) is 42.5 Å². The average molecular weight is 315 g/mol. The average Bonchev–Trinajstić information content (AvgIpc) is 2.58. The van der Waals surface area contributed by atoms with Gasteiger partial charge in [-0.1, -0.05) is 12.1 Å². The fourth-order valence-electron chi connectivity index (χ4n) is 2.65. The molecule has 23 heavy (non-hydrogen) atoms. The minimum absolute atomic E-state index is 0.0947. The smallest absolute Gasteiger partial charge is 0.227 e. The van der Waals surface area contributed by atoms with Gasteiger partial charge in [0, 0.05) is 6.54 Å². The molecule has 0 spiro atoms. The molecule has 0 fully saturated rings. The molecular weight excluding hydrogens is 297 g/mol. The van der Waals surface area contributed by atoms with Gasteiger partial charge in [-0.15, -0.1) is 0 Å². The van der Waals surface area contributed by atoms with Gasteiger partial charge in [0.1, 0.15) is 23.9 Å². The van der Waals surface area contributed by atoms with Gasteiger partial charge in [-0.05, 0) is 47.9 Å². The zero-order chi connectivity index (χ0) is 16.2. The van der Waals surface area contributed by atoms with Crippen LogP contribution in [0.25, 0.3) is 0 Å². The summed E-state index contributed by atoms with van der Waals surface area (Å²) < 4.78 is 24.0. The SMILES string of the molecule is COc1ccc2c(c1)CC(C(=O)NCc1cccc(F)c1)CO2. The number of rotatable bonds is 4. The minimum Gasteiger partial charge on any atom is -0.497 e. The number of amides is 1. The van der Waals surface area contributed by atoms with E-state index in [1.165, 1.54) is 12.1 Å². The van der Waals surface area contributed by atoms with Crippen molar-refractivity contribution in [2.75, 3.05) is 13.7 Å². The molecule has 5 heteroatoms. The van der Waals surface area contributed by atoms with Gasteiger partial charge < -0.3 is 14.8 Å². The maximum atomic E-state index is 13.1. The Bertz CT molecular complexity index is 717. The lowest BCUT2D eigenvalue weighted by Crippen LogP contribution is -2.37. The molecule has 1 aliphatic rings. The summed E-state index contributed by atoms with van der Waals surface area (Å²) in [5.41, 5.74) is 1.69. The van der Waals surface area contributed by atoms with Gasteiger partial charge in [0.15, 0.2) is 0 Å². The van der Waals surface area contributed by atoms with Crippen LogP contribution in [0.4, 0.5) is 4.39 Å². The van der Waals surface area contributed by atoms with Gasteiger partial charge in [-0.2, -0.15) is 0 Å². The number of hydrogen-bond acceptors (Lipinski definition) is 3. The highest BCUT2D eigenvalue weighted by atomic mass is 19.1. The second kappa shape index (κ2) is 6.69. The maximum Gasteiger partial charge on any atom is 0.227 e. The van der Waals surface area contributed by atoms with Gasteiger partial charge in [0.2, 0.25) is 5.91 Å². The molecule has 2 aromatic carbocycles. The summed E-state index contributed by atoms with van der Waals surface area (Å²) in [5.74, 6) is 0.873. The third-order valence-electron chi connectivity index (χ3n) is 3.90. The standard InChI is InChI=1S/C18H18FNO3/c1-22-16-5-6-17-13(9-16)8-14(11-23-17)18(21)20-10-12-3-2-4-15(19)7-12/h2-7,9,14H,8,10-11H2,1H3,(H,20,21). The molecule has 1 heterocycles. The van der Waals surface area contributed by atoms with Crippen molar-refractivity contribution in [1.29, 1.82) is 0 Å². The Kier molecular flexibility index (Phi) is 4.46. The first-order valence-electron chi connectivity index (χ1n) is 7.47. The number of halogens is 1. The number of benzene rings is 2. The zero-order valence-corrected chi connectivity index (χ0v) is 12.8. The number of hydrogen-bond donors (Lipinski definition) is 1. The minimum atomic E-state index is -0.307. The molecule has 0 saturated heterocycles. The van der Waals surface area contributed by atoms with E-state index in [-0.39, 0.29) is 17.6 Å². The molecule has 0 radical (unpaired) electrons. The first-order chi connectivity index (χ1) is 11.2. The van der Waals surface area contributed by atoms with Crippen LogP contribution in [0.1, 0.15) is 11.1 Å². The molecule has 0 aromatic heterocycles. The van der Waals surface area contributed by atoms with Crippen LogP contribution in [0.5, 0.6) is 11.5 Å². The van der Waals surface area contributed by atoms with Crippen molar-refractivity contribution < 1.29 is 18.7 Å². The third-order valence-corrected chi connectivity index (χ3v) is 3.90. The lowest BCUT2D eigenvalue weighted by atomic mass is 9.95. The Balaban J connectivity index is 1.62. The van der Waals surface area contributed by atoms with Crippen molar-refractivity contribution in [2.45, 2.75) is 13.0 Å². The van der Waals surface area contributed by atoms with E-state index in [4.69, 9.17) is 9.47 Å². The Morgan fingerprint density at radius 3 is 3.00 bits per heavy atom. The van der Waals surface area contributed by atoms with E-state index in [1.807, 2.05) is 18.2 Å². The third kappa shape index (κ3) is 3.62. The van der Waals surface area contributed by atoms with Gasteiger partial charge in [-0.25, -0.2) is 4.39 Å². The summed E-state index contributed by atoms with van der Waals surface area (Å²) in [7, 11) is 1.61. The molecule has 2 aromatic rings. The Hall–Kier alpha value is -2.56. The predicted molar refractivity (Wildman–Crippen MR) is 83.9 cm³/mol. The van der Waals surface area contributed by atoms with Crippen molar-refractivity contribution in [2.24, 2.45) is 5.92 Å². The fraction of sp³-hybridized carbons (Fsp3) is 0.278. The number of carbonyl (C=O) groups is 1. The van der Waals surface area contributed by atoms with Crippen LogP contribution in [-0.2, 0) is 17.8 Å². The Morgan fingerprint density at radius 2 is 2.22 bits per heavy atom. The molecule has 3 rings (SSSR count). The maximum absolute atomic E-state index is 13.1. The van der Waals surface area contributed by atoms with Crippen LogP contribution in [0.2, 0.25) is 0 Å². The summed E-state index contributed by atoms with van der Waals surface area (Å²) in [5, 5.41) is 2.84. The summed E-state index contributed by atoms with van der Waals surface area (Å²) in [6.07, 6.45) is 0.599. The van der Waals surface area contributed by atoms with Gasteiger partial charge in [-0.3, -0.25) is 4.79 Å². The lowest BCUT2D eigenvalue weighted by molar-refractivity contribution is -0.126. The topological polar surface area (TPSA) is 47.6 Å². The van der Waals surface area contributed by atoms with Crippen molar-refractivity contribution in [3.05, 3.63) is 59.4 Å². The highest BCUT2D eigenvalue weighted by molar-refractivity contribution is 5.79. The van der Waals surface area contributed by atoms with Gasteiger partial charge >= 0.3 is 0 Å². The van der Waals surface area contributed by atoms with E-state index in [0.29, 0.717) is 19.6 Å². The van der Waals surface area contributed by atoms with Crippen molar-refractivity contribution in [3.8, 4) is 11.5 Å². The summed E-state index contributed by atoms with van der Waals surface area (Å²) in [6.45, 7) is 0.645. The number of nitrogens with one attached hydrogen (secondary N) is 1. The van der Waals surface area contributed by atoms with E-state index in [1.54, 1.807) is 19.2 Å². The summed E-state index contributed by atoms with van der Waals surface area (Å²) in [6, 6.07) is 11.8. The van der Waals surface area contributed by atoms with E-state index in [0.717, 1.165) is 22.6 Å². The van der Waals surface area contributed by atoms with Crippen molar-refractivity contribution in [1.82, 2.24) is 5.32 Å². The van der Waals surface area contributed by atoms with E-state index in [2.05, 4.69) is 5.32 Å². The number of fused-ring (bicyclic) bond motifs is 1. The first kappa shape index (κ1) is 15.3. The second-order valence-electron chi connectivity index (χ2n) is 5.53. The van der Waals surface area contributed by atoms with E-state index < -0.39 is 0 Å².